The summed E-state index contributed by atoms with van der Waals surface area (Å²) in [5, 5.41) is 0. The number of carbonyl (C=O) groups excluding carboxylic acids is 1. The van der Waals surface area contributed by atoms with Crippen LogP contribution >= 0.6 is 0 Å². The lowest BCUT2D eigenvalue weighted by Gasteiger charge is -2.40. The highest BCUT2D eigenvalue weighted by Gasteiger charge is 2.35. The summed E-state index contributed by atoms with van der Waals surface area (Å²) in [6.45, 7) is 8.66. The van der Waals surface area contributed by atoms with Crippen LogP contribution in [-0.4, -0.2) is 48.4 Å². The predicted octanol–water partition coefficient (Wildman–Crippen LogP) is 1.98. The van der Waals surface area contributed by atoms with Gasteiger partial charge in [-0.15, -0.1) is 0 Å². The average Bonchev–Trinajstić information content (AvgIpc) is 2.28. The molecule has 0 bridgehead atoms. The number of hydrogen-bond donors (Lipinski definition) is 0. The number of rotatable bonds is 3. The summed E-state index contributed by atoms with van der Waals surface area (Å²) in [7, 11) is 2.03. The minimum Gasteiger partial charge on any atom is -0.341 e. The van der Waals surface area contributed by atoms with Gasteiger partial charge in [0.2, 0.25) is 5.91 Å². The van der Waals surface area contributed by atoms with Gasteiger partial charge in [0.05, 0.1) is 0 Å². The Kier molecular flexibility index (Phi) is 4.02. The molecule has 0 N–H and O–H groups in total. The normalized spacial score (nSPS) is 25.4. The molecular weight excluding hydrogens is 224 g/mol. The smallest absolute Gasteiger partial charge is 0.244 e. The Labute approximate surface area is 109 Å². The van der Waals surface area contributed by atoms with Gasteiger partial charge in [-0.3, -0.25) is 9.69 Å². The van der Waals surface area contributed by atoms with Crippen molar-refractivity contribution in [2.45, 2.75) is 25.8 Å². The molecule has 1 amide bonds. The van der Waals surface area contributed by atoms with Gasteiger partial charge in [0, 0.05) is 19.6 Å². The molecule has 1 saturated heterocycles. The number of allylic oxidation sites excluding steroid dienone is 2. The first-order valence-electron chi connectivity index (χ1n) is 6.66. The van der Waals surface area contributed by atoms with E-state index in [2.05, 4.69) is 17.6 Å². The van der Waals surface area contributed by atoms with Crippen LogP contribution in [0.3, 0.4) is 0 Å². The molecule has 18 heavy (non-hydrogen) atoms. The molecule has 3 nitrogen and oxygen atoms in total. The summed E-state index contributed by atoms with van der Waals surface area (Å²) in [5.41, 5.74) is 2.34. The molecule has 1 unspecified atom stereocenters. The highest BCUT2D eigenvalue weighted by atomic mass is 16.2. The van der Waals surface area contributed by atoms with E-state index in [-0.39, 0.29) is 11.9 Å². The molecular formula is C15H22N2O. The predicted molar refractivity (Wildman–Crippen MR) is 74.3 cm³/mol. The maximum Gasteiger partial charge on any atom is 0.244 e. The zero-order chi connectivity index (χ0) is 13.1. The quantitative estimate of drug-likeness (QED) is 0.760. The van der Waals surface area contributed by atoms with Crippen molar-refractivity contribution in [3.05, 3.63) is 36.0 Å². The number of nitrogens with zero attached hydrogens (tertiary/aromatic N) is 2. The number of likely N-dealkylation sites (tertiary alicyclic amines) is 1. The van der Waals surface area contributed by atoms with E-state index < -0.39 is 0 Å². The minimum absolute atomic E-state index is 0.136. The van der Waals surface area contributed by atoms with Crippen LogP contribution < -0.4 is 0 Å². The van der Waals surface area contributed by atoms with Crippen LogP contribution in [0, 0.1) is 0 Å². The van der Waals surface area contributed by atoms with Gasteiger partial charge < -0.3 is 4.90 Å². The lowest BCUT2D eigenvalue weighted by molar-refractivity contribution is -0.138. The molecule has 2 rings (SSSR count). The highest BCUT2D eigenvalue weighted by molar-refractivity contribution is 5.87. The molecule has 0 aromatic rings. The largest absolute Gasteiger partial charge is 0.341 e. The SMILES string of the molecule is C=CC1=C(/C=C\C)CCN(C)C1C(=O)N1CCC1. The fraction of sp³-hybridized carbons (Fsp3) is 0.533. The van der Waals surface area contributed by atoms with Gasteiger partial charge in [-0.2, -0.15) is 0 Å². The Morgan fingerprint density at radius 1 is 1.39 bits per heavy atom. The first-order chi connectivity index (χ1) is 8.69. The van der Waals surface area contributed by atoms with Crippen molar-refractivity contribution in [3.63, 3.8) is 0 Å². The molecule has 0 aromatic heterocycles. The third-order valence-electron chi connectivity index (χ3n) is 3.83. The van der Waals surface area contributed by atoms with E-state index in [0.29, 0.717) is 0 Å². The minimum atomic E-state index is -0.136. The number of amides is 1. The molecule has 2 aliphatic heterocycles. The van der Waals surface area contributed by atoms with Crippen LogP contribution in [-0.2, 0) is 4.79 Å². The van der Waals surface area contributed by atoms with E-state index >= 15 is 0 Å². The second kappa shape index (κ2) is 5.53. The monoisotopic (exact) mass is 246 g/mol. The van der Waals surface area contributed by atoms with E-state index in [1.807, 2.05) is 31.0 Å². The van der Waals surface area contributed by atoms with Crippen LogP contribution in [0.1, 0.15) is 19.8 Å². The van der Waals surface area contributed by atoms with Gasteiger partial charge in [-0.1, -0.05) is 24.8 Å². The van der Waals surface area contributed by atoms with Crippen molar-refractivity contribution < 1.29 is 4.79 Å². The van der Waals surface area contributed by atoms with Gasteiger partial charge in [0.1, 0.15) is 6.04 Å². The Morgan fingerprint density at radius 2 is 2.11 bits per heavy atom. The maximum atomic E-state index is 12.5. The van der Waals surface area contributed by atoms with Gasteiger partial charge in [-0.25, -0.2) is 0 Å². The van der Waals surface area contributed by atoms with Crippen LogP contribution in [0.5, 0.6) is 0 Å². The van der Waals surface area contributed by atoms with Crippen molar-refractivity contribution in [1.82, 2.24) is 9.80 Å². The molecule has 1 atom stereocenters. The highest BCUT2D eigenvalue weighted by Crippen LogP contribution is 2.27. The number of hydrogen-bond acceptors (Lipinski definition) is 2. The Morgan fingerprint density at radius 3 is 2.61 bits per heavy atom. The standard InChI is InChI=1S/C15H22N2O/c1-4-7-12-8-11-16(3)14(13(12)5-2)15(18)17-9-6-10-17/h4-5,7,14H,2,6,8-11H2,1,3H3/b7-4-. The third-order valence-corrected chi connectivity index (χ3v) is 3.83. The average molecular weight is 246 g/mol. The number of carbonyl (C=O) groups is 1. The van der Waals surface area contributed by atoms with Gasteiger partial charge in [-0.05, 0) is 38.0 Å². The Hall–Kier alpha value is -1.35. The molecule has 98 valence electrons. The lowest BCUT2D eigenvalue weighted by atomic mass is 9.91. The van der Waals surface area contributed by atoms with E-state index in [4.69, 9.17) is 0 Å². The summed E-state index contributed by atoms with van der Waals surface area (Å²) in [4.78, 5) is 16.6. The van der Waals surface area contributed by atoms with Gasteiger partial charge >= 0.3 is 0 Å². The molecule has 0 spiro atoms. The molecule has 0 aliphatic carbocycles. The summed E-state index contributed by atoms with van der Waals surface area (Å²) >= 11 is 0. The van der Waals surface area contributed by atoms with Crippen molar-refractivity contribution in [2.24, 2.45) is 0 Å². The molecule has 2 heterocycles. The second-order valence-corrected chi connectivity index (χ2v) is 5.00. The lowest BCUT2D eigenvalue weighted by Crippen LogP contribution is -2.54. The second-order valence-electron chi connectivity index (χ2n) is 5.00. The maximum absolute atomic E-state index is 12.5. The first kappa shape index (κ1) is 13.1. The zero-order valence-corrected chi connectivity index (χ0v) is 11.4. The van der Waals surface area contributed by atoms with Gasteiger partial charge in [0.15, 0.2) is 0 Å². The van der Waals surface area contributed by atoms with E-state index in [1.54, 1.807) is 0 Å². The van der Waals surface area contributed by atoms with Crippen molar-refractivity contribution in [2.75, 3.05) is 26.7 Å². The van der Waals surface area contributed by atoms with Crippen LogP contribution in [0.25, 0.3) is 0 Å². The molecule has 0 aromatic carbocycles. The Balaban J connectivity index is 2.30. The van der Waals surface area contributed by atoms with Crippen LogP contribution in [0.2, 0.25) is 0 Å². The van der Waals surface area contributed by atoms with Crippen molar-refractivity contribution >= 4 is 5.91 Å². The summed E-state index contributed by atoms with van der Waals surface area (Å²) in [6.07, 6.45) is 8.13. The fourth-order valence-electron chi connectivity index (χ4n) is 2.64. The van der Waals surface area contributed by atoms with Crippen molar-refractivity contribution in [3.8, 4) is 0 Å². The van der Waals surface area contributed by atoms with Crippen LogP contribution in [0.4, 0.5) is 0 Å². The zero-order valence-electron chi connectivity index (χ0n) is 11.4. The van der Waals surface area contributed by atoms with Crippen LogP contribution in [0.15, 0.2) is 36.0 Å². The molecule has 3 heteroatoms. The Bertz CT molecular complexity index is 405. The fourth-order valence-corrected chi connectivity index (χ4v) is 2.64. The first-order valence-corrected chi connectivity index (χ1v) is 6.66. The van der Waals surface area contributed by atoms with E-state index in [9.17, 15) is 4.79 Å². The summed E-state index contributed by atoms with van der Waals surface area (Å²) in [5.74, 6) is 0.236. The molecule has 0 radical (unpaired) electrons. The van der Waals surface area contributed by atoms with E-state index in [1.165, 1.54) is 5.57 Å². The molecule has 0 saturated carbocycles. The summed E-state index contributed by atoms with van der Waals surface area (Å²) in [6, 6.07) is -0.136. The molecule has 1 fully saturated rings. The number of likely N-dealkylation sites (N-methyl/N-ethyl adjacent to an activating group) is 1. The third kappa shape index (κ3) is 2.27. The van der Waals surface area contributed by atoms with E-state index in [0.717, 1.165) is 38.0 Å². The van der Waals surface area contributed by atoms with Crippen molar-refractivity contribution in [1.29, 1.82) is 0 Å². The van der Waals surface area contributed by atoms with Gasteiger partial charge in [0.25, 0.3) is 0 Å². The molecule has 2 aliphatic rings. The summed E-state index contributed by atoms with van der Waals surface area (Å²) < 4.78 is 0. The topological polar surface area (TPSA) is 23.6 Å².